The number of alkyl halides is 3. The van der Waals surface area contributed by atoms with Crippen molar-refractivity contribution in [2.75, 3.05) is 13.2 Å². The first-order valence-corrected chi connectivity index (χ1v) is 8.79. The van der Waals surface area contributed by atoms with Gasteiger partial charge < -0.3 is 10.1 Å². The minimum atomic E-state index is -4.07. The third-order valence-corrected chi connectivity index (χ3v) is 4.27. The van der Waals surface area contributed by atoms with E-state index in [9.17, 15) is 13.2 Å². The maximum atomic E-state index is 12.1. The molecule has 0 bridgehead atoms. The topological polar surface area (TPSA) is 64.9 Å². The number of pyridine rings is 1. The molecule has 1 aliphatic rings. The highest BCUT2D eigenvalue weighted by Gasteiger charge is 2.25. The Morgan fingerprint density at radius 3 is 2.81 bits per heavy atom. The molecule has 1 aliphatic heterocycles. The summed E-state index contributed by atoms with van der Waals surface area (Å²) < 4.78 is 43.6. The molecule has 1 fully saturated rings. The van der Waals surface area contributed by atoms with Crippen molar-refractivity contribution in [3.05, 3.63) is 30.4 Å². The van der Waals surface area contributed by atoms with Gasteiger partial charge in [-0.2, -0.15) is 13.2 Å². The van der Waals surface area contributed by atoms with Crippen molar-refractivity contribution in [1.29, 1.82) is 0 Å². The monoisotopic (exact) mass is 369 g/mol. The quantitative estimate of drug-likeness (QED) is 0.688. The van der Waals surface area contributed by atoms with Crippen LogP contribution in [-0.4, -0.2) is 45.3 Å². The van der Waals surface area contributed by atoms with Crippen molar-refractivity contribution in [3.8, 4) is 11.4 Å². The van der Waals surface area contributed by atoms with Gasteiger partial charge in [0.15, 0.2) is 0 Å². The largest absolute Gasteiger partial charge is 0.490 e. The standard InChI is InChI=1S/C17H22F3N5O/c18-17(19,20)6-3-1-2-4-13-11-25(24-23-13)15-8-16(10-21-9-15)26-12-14-5-7-22-14/h8-11,14,22H,1-7,12H2. The van der Waals surface area contributed by atoms with Gasteiger partial charge in [0.2, 0.25) is 0 Å². The van der Waals surface area contributed by atoms with E-state index in [1.807, 2.05) is 6.07 Å². The second-order valence-electron chi connectivity index (χ2n) is 6.46. The van der Waals surface area contributed by atoms with Crippen molar-refractivity contribution in [2.24, 2.45) is 0 Å². The minimum Gasteiger partial charge on any atom is -0.490 e. The molecule has 1 saturated heterocycles. The summed E-state index contributed by atoms with van der Waals surface area (Å²) >= 11 is 0. The summed E-state index contributed by atoms with van der Waals surface area (Å²) in [6, 6.07) is 2.24. The van der Waals surface area contributed by atoms with Crippen LogP contribution in [0.15, 0.2) is 24.7 Å². The lowest BCUT2D eigenvalue weighted by atomic mass is 10.1. The molecule has 26 heavy (non-hydrogen) atoms. The van der Waals surface area contributed by atoms with Crippen LogP contribution in [0, 0.1) is 0 Å². The summed E-state index contributed by atoms with van der Waals surface area (Å²) in [6.45, 7) is 1.63. The van der Waals surface area contributed by atoms with Gasteiger partial charge in [0.1, 0.15) is 12.4 Å². The Labute approximate surface area is 149 Å². The minimum absolute atomic E-state index is 0.150. The number of hydrogen-bond acceptors (Lipinski definition) is 5. The molecule has 0 radical (unpaired) electrons. The number of aryl methyl sites for hydroxylation is 1. The van der Waals surface area contributed by atoms with Gasteiger partial charge in [-0.3, -0.25) is 4.98 Å². The molecular formula is C17H22F3N5O. The molecule has 6 nitrogen and oxygen atoms in total. The average Bonchev–Trinajstić information content (AvgIpc) is 3.01. The SMILES string of the molecule is FC(F)(F)CCCCCc1cn(-c2cncc(OCC3CCN3)c2)nn1. The van der Waals surface area contributed by atoms with E-state index in [1.54, 1.807) is 23.3 Å². The van der Waals surface area contributed by atoms with Crippen LogP contribution in [0.3, 0.4) is 0 Å². The Kier molecular flexibility index (Phi) is 6.08. The van der Waals surface area contributed by atoms with Crippen LogP contribution in [0.25, 0.3) is 5.69 Å². The lowest BCUT2D eigenvalue weighted by Crippen LogP contribution is -2.46. The predicted octanol–water partition coefficient (Wildman–Crippen LogP) is 3.07. The molecule has 3 rings (SSSR count). The van der Waals surface area contributed by atoms with Crippen molar-refractivity contribution in [3.63, 3.8) is 0 Å². The first kappa shape index (κ1) is 18.6. The smallest absolute Gasteiger partial charge is 0.389 e. The molecule has 1 atom stereocenters. The second-order valence-corrected chi connectivity index (χ2v) is 6.46. The van der Waals surface area contributed by atoms with Crippen molar-refractivity contribution >= 4 is 0 Å². The number of halogens is 3. The van der Waals surface area contributed by atoms with E-state index in [0.29, 0.717) is 37.7 Å². The zero-order chi connectivity index (χ0) is 18.4. The van der Waals surface area contributed by atoms with E-state index in [2.05, 4.69) is 20.6 Å². The van der Waals surface area contributed by atoms with Crippen LogP contribution in [0.2, 0.25) is 0 Å². The molecule has 0 aliphatic carbocycles. The van der Waals surface area contributed by atoms with E-state index < -0.39 is 12.6 Å². The van der Waals surface area contributed by atoms with E-state index in [4.69, 9.17) is 4.74 Å². The molecule has 1 unspecified atom stereocenters. The average molecular weight is 369 g/mol. The maximum Gasteiger partial charge on any atom is 0.389 e. The summed E-state index contributed by atoms with van der Waals surface area (Å²) in [6.07, 6.45) is 3.34. The number of nitrogens with one attached hydrogen (secondary N) is 1. The van der Waals surface area contributed by atoms with Gasteiger partial charge in [-0.25, -0.2) is 4.68 Å². The van der Waals surface area contributed by atoms with Gasteiger partial charge in [-0.1, -0.05) is 11.6 Å². The summed E-state index contributed by atoms with van der Waals surface area (Å²) in [4.78, 5) is 4.16. The fourth-order valence-electron chi connectivity index (χ4n) is 2.65. The molecule has 0 saturated carbocycles. The van der Waals surface area contributed by atoms with Crippen LogP contribution in [0.4, 0.5) is 13.2 Å². The molecule has 0 amide bonds. The van der Waals surface area contributed by atoms with Crippen LogP contribution in [0.1, 0.15) is 37.8 Å². The fourth-order valence-corrected chi connectivity index (χ4v) is 2.65. The lowest BCUT2D eigenvalue weighted by molar-refractivity contribution is -0.135. The Morgan fingerprint density at radius 2 is 2.08 bits per heavy atom. The molecule has 1 N–H and O–H groups in total. The summed E-state index contributed by atoms with van der Waals surface area (Å²) in [5.41, 5.74) is 1.49. The van der Waals surface area contributed by atoms with E-state index >= 15 is 0 Å². The number of unbranched alkanes of at least 4 members (excludes halogenated alkanes) is 2. The summed E-state index contributed by atoms with van der Waals surface area (Å²) in [5.74, 6) is 0.667. The van der Waals surface area contributed by atoms with Crippen LogP contribution in [0.5, 0.6) is 5.75 Å². The predicted molar refractivity (Wildman–Crippen MR) is 89.3 cm³/mol. The van der Waals surface area contributed by atoms with Gasteiger partial charge >= 0.3 is 6.18 Å². The van der Waals surface area contributed by atoms with Crippen molar-refractivity contribution in [2.45, 2.75) is 50.7 Å². The van der Waals surface area contributed by atoms with Gasteiger partial charge in [-0.05, 0) is 32.2 Å². The molecule has 142 valence electrons. The second kappa shape index (κ2) is 8.48. The zero-order valence-electron chi connectivity index (χ0n) is 14.4. The molecule has 2 aromatic rings. The van der Waals surface area contributed by atoms with Crippen molar-refractivity contribution < 1.29 is 17.9 Å². The van der Waals surface area contributed by atoms with E-state index in [1.165, 1.54) is 0 Å². The molecule has 0 spiro atoms. The Bertz CT molecular complexity index is 700. The zero-order valence-corrected chi connectivity index (χ0v) is 14.4. The van der Waals surface area contributed by atoms with Gasteiger partial charge in [-0.15, -0.1) is 5.10 Å². The number of rotatable bonds is 9. The third-order valence-electron chi connectivity index (χ3n) is 4.27. The third kappa shape index (κ3) is 5.69. The summed E-state index contributed by atoms with van der Waals surface area (Å²) in [7, 11) is 0. The van der Waals surface area contributed by atoms with Crippen molar-refractivity contribution in [1.82, 2.24) is 25.3 Å². The molecule has 0 aromatic carbocycles. The van der Waals surface area contributed by atoms with Gasteiger partial charge in [0, 0.05) is 18.5 Å². The Hall–Kier alpha value is -2.16. The Balaban J connectivity index is 1.47. The first-order chi connectivity index (χ1) is 12.5. The van der Waals surface area contributed by atoms with E-state index in [-0.39, 0.29) is 6.42 Å². The number of hydrogen-bond donors (Lipinski definition) is 1. The highest BCUT2D eigenvalue weighted by molar-refractivity contribution is 5.34. The number of aromatic nitrogens is 4. The lowest BCUT2D eigenvalue weighted by Gasteiger charge is -2.27. The van der Waals surface area contributed by atoms with Crippen LogP contribution in [-0.2, 0) is 6.42 Å². The highest BCUT2D eigenvalue weighted by Crippen LogP contribution is 2.23. The normalized spacial score (nSPS) is 17.1. The first-order valence-electron chi connectivity index (χ1n) is 8.79. The molecule has 3 heterocycles. The molecule has 2 aromatic heterocycles. The Morgan fingerprint density at radius 1 is 1.23 bits per heavy atom. The fraction of sp³-hybridized carbons (Fsp3) is 0.588. The van der Waals surface area contributed by atoms with Gasteiger partial charge in [0.05, 0.1) is 30.0 Å². The van der Waals surface area contributed by atoms with Gasteiger partial charge in [0.25, 0.3) is 0 Å². The number of nitrogens with zero attached hydrogens (tertiary/aromatic N) is 4. The molecule has 9 heteroatoms. The van der Waals surface area contributed by atoms with E-state index in [0.717, 1.165) is 24.3 Å². The number of ether oxygens (including phenoxy) is 1. The van der Waals surface area contributed by atoms with Crippen LogP contribution >= 0.6 is 0 Å². The van der Waals surface area contributed by atoms with Crippen LogP contribution < -0.4 is 10.1 Å². The summed E-state index contributed by atoms with van der Waals surface area (Å²) in [5, 5.41) is 11.4. The highest BCUT2D eigenvalue weighted by atomic mass is 19.4. The maximum absolute atomic E-state index is 12.1. The molecular weight excluding hydrogens is 347 g/mol.